The van der Waals surface area contributed by atoms with E-state index in [1.165, 1.54) is 11.1 Å². The van der Waals surface area contributed by atoms with Crippen molar-refractivity contribution < 1.29 is 4.74 Å². The number of hydrogen-bond acceptors (Lipinski definition) is 2. The van der Waals surface area contributed by atoms with Gasteiger partial charge in [-0.25, -0.2) is 0 Å². The van der Waals surface area contributed by atoms with Crippen LogP contribution in [0, 0.1) is 10.5 Å². The number of rotatable bonds is 6. The molecule has 2 aromatic carbocycles. The molecule has 2 aromatic rings. The average molecular weight is 418 g/mol. The molecule has 0 saturated carbocycles. The van der Waals surface area contributed by atoms with E-state index in [-0.39, 0.29) is 18.5 Å². The van der Waals surface area contributed by atoms with Crippen molar-refractivity contribution in [1.29, 1.82) is 0 Å². The third-order valence-electron chi connectivity index (χ3n) is 3.18. The van der Waals surface area contributed by atoms with Gasteiger partial charge in [0.2, 0.25) is 0 Å². The van der Waals surface area contributed by atoms with Crippen LogP contribution in [0.25, 0.3) is 0 Å². The van der Waals surface area contributed by atoms with Gasteiger partial charge in [-0.15, -0.1) is 12.4 Å². The Morgan fingerprint density at radius 2 is 1.86 bits per heavy atom. The van der Waals surface area contributed by atoms with Crippen LogP contribution in [-0.2, 0) is 0 Å². The molecular formula is C17H21ClINO. The lowest BCUT2D eigenvalue weighted by atomic mass is 10.1. The zero-order chi connectivity index (χ0) is 14.4. The lowest BCUT2D eigenvalue weighted by molar-refractivity contribution is 0.193. The fourth-order valence-electron chi connectivity index (χ4n) is 2.09. The molecule has 21 heavy (non-hydrogen) atoms. The van der Waals surface area contributed by atoms with Crippen LogP contribution in [0.15, 0.2) is 48.5 Å². The summed E-state index contributed by atoms with van der Waals surface area (Å²) in [5.74, 6) is 0.959. The van der Waals surface area contributed by atoms with Gasteiger partial charge < -0.3 is 10.1 Å². The Morgan fingerprint density at radius 1 is 1.14 bits per heavy atom. The molecule has 0 heterocycles. The molecule has 0 aliphatic rings. The van der Waals surface area contributed by atoms with Crippen molar-refractivity contribution in [3.63, 3.8) is 0 Å². The standard InChI is InChI=1S/C17H20INO.ClH/c1-13-8-9-17(15(18)12-13)20-16(10-11-19-2)14-6-4-3-5-7-14;/h3-9,12,16,19H,10-11H2,1-2H3;1H/t16-;/m0./s1. The predicted molar refractivity (Wildman–Crippen MR) is 99.5 cm³/mol. The van der Waals surface area contributed by atoms with E-state index >= 15 is 0 Å². The summed E-state index contributed by atoms with van der Waals surface area (Å²) in [5.41, 5.74) is 2.48. The van der Waals surface area contributed by atoms with Gasteiger partial charge in [0.25, 0.3) is 0 Å². The van der Waals surface area contributed by atoms with Crippen LogP contribution in [-0.4, -0.2) is 13.6 Å². The summed E-state index contributed by atoms with van der Waals surface area (Å²) in [7, 11) is 1.97. The van der Waals surface area contributed by atoms with E-state index in [0.29, 0.717) is 0 Å². The number of ether oxygens (including phenoxy) is 1. The van der Waals surface area contributed by atoms with Crippen molar-refractivity contribution >= 4 is 35.0 Å². The highest BCUT2D eigenvalue weighted by Gasteiger charge is 2.14. The highest BCUT2D eigenvalue weighted by molar-refractivity contribution is 14.1. The first-order chi connectivity index (χ1) is 9.70. The lowest BCUT2D eigenvalue weighted by Gasteiger charge is -2.20. The van der Waals surface area contributed by atoms with Crippen molar-refractivity contribution in [3.8, 4) is 5.75 Å². The normalized spacial score (nSPS) is 11.6. The molecule has 1 atom stereocenters. The maximum absolute atomic E-state index is 6.24. The van der Waals surface area contributed by atoms with Gasteiger partial charge in [-0.3, -0.25) is 0 Å². The van der Waals surface area contributed by atoms with Crippen molar-refractivity contribution in [3.05, 3.63) is 63.2 Å². The number of halogens is 2. The monoisotopic (exact) mass is 417 g/mol. The summed E-state index contributed by atoms with van der Waals surface area (Å²) >= 11 is 2.34. The first-order valence-corrected chi connectivity index (χ1v) is 7.91. The number of benzene rings is 2. The molecule has 0 fully saturated rings. The summed E-state index contributed by atoms with van der Waals surface area (Å²) in [5, 5.41) is 3.20. The van der Waals surface area contributed by atoms with Gasteiger partial charge in [0, 0.05) is 6.42 Å². The van der Waals surface area contributed by atoms with E-state index in [1.807, 2.05) is 13.1 Å². The molecule has 2 rings (SSSR count). The van der Waals surface area contributed by atoms with Gasteiger partial charge in [0.15, 0.2) is 0 Å². The fraction of sp³-hybridized carbons (Fsp3) is 0.294. The molecular weight excluding hydrogens is 397 g/mol. The van der Waals surface area contributed by atoms with Crippen LogP contribution in [0.2, 0.25) is 0 Å². The largest absolute Gasteiger partial charge is 0.485 e. The maximum Gasteiger partial charge on any atom is 0.133 e. The Labute approximate surface area is 146 Å². The summed E-state index contributed by atoms with van der Waals surface area (Å²) in [6.45, 7) is 3.03. The third-order valence-corrected chi connectivity index (χ3v) is 4.03. The fourth-order valence-corrected chi connectivity index (χ4v) is 2.89. The predicted octanol–water partition coefficient (Wildman–Crippen LogP) is 4.75. The molecule has 0 aromatic heterocycles. The van der Waals surface area contributed by atoms with Gasteiger partial charge in [-0.2, -0.15) is 0 Å². The first kappa shape index (κ1) is 18.3. The summed E-state index contributed by atoms with van der Waals surface area (Å²) in [6.07, 6.45) is 1.03. The third kappa shape index (κ3) is 5.49. The van der Waals surface area contributed by atoms with E-state index in [9.17, 15) is 0 Å². The van der Waals surface area contributed by atoms with Crippen molar-refractivity contribution in [2.75, 3.05) is 13.6 Å². The quantitative estimate of drug-likeness (QED) is 0.685. The van der Waals surface area contributed by atoms with Crippen LogP contribution in [0.5, 0.6) is 5.75 Å². The molecule has 114 valence electrons. The van der Waals surface area contributed by atoms with Gasteiger partial charge >= 0.3 is 0 Å². The van der Waals surface area contributed by atoms with Gasteiger partial charge in [0.1, 0.15) is 11.9 Å². The Bertz CT molecular complexity index is 548. The van der Waals surface area contributed by atoms with Crippen LogP contribution in [0.4, 0.5) is 0 Å². The molecule has 4 heteroatoms. The number of nitrogens with one attached hydrogen (secondary N) is 1. The number of aryl methyl sites for hydroxylation is 1. The Balaban J connectivity index is 0.00000220. The minimum absolute atomic E-state index is 0. The van der Waals surface area contributed by atoms with Crippen molar-refractivity contribution in [2.24, 2.45) is 0 Å². The minimum atomic E-state index is 0. The Hall–Kier alpha value is -0.780. The second-order valence-corrected chi connectivity index (χ2v) is 6.01. The first-order valence-electron chi connectivity index (χ1n) is 6.83. The molecule has 0 aliphatic heterocycles. The topological polar surface area (TPSA) is 21.3 Å². The molecule has 0 bridgehead atoms. The van der Waals surface area contributed by atoms with E-state index in [4.69, 9.17) is 4.74 Å². The van der Waals surface area contributed by atoms with Crippen LogP contribution >= 0.6 is 35.0 Å². The highest BCUT2D eigenvalue weighted by Crippen LogP contribution is 2.29. The van der Waals surface area contributed by atoms with E-state index in [0.717, 1.165) is 22.3 Å². The van der Waals surface area contributed by atoms with Gasteiger partial charge in [-0.05, 0) is 66.4 Å². The molecule has 1 N–H and O–H groups in total. The van der Waals surface area contributed by atoms with Crippen molar-refractivity contribution in [2.45, 2.75) is 19.4 Å². The Morgan fingerprint density at radius 3 is 2.48 bits per heavy atom. The smallest absolute Gasteiger partial charge is 0.133 e. The number of hydrogen-bond donors (Lipinski definition) is 1. The summed E-state index contributed by atoms with van der Waals surface area (Å²) in [6, 6.07) is 16.7. The zero-order valence-electron chi connectivity index (χ0n) is 12.3. The highest BCUT2D eigenvalue weighted by atomic mass is 127. The second-order valence-electron chi connectivity index (χ2n) is 4.84. The van der Waals surface area contributed by atoms with Gasteiger partial charge in [0.05, 0.1) is 3.57 Å². The van der Waals surface area contributed by atoms with Crippen LogP contribution < -0.4 is 10.1 Å². The second kappa shape index (κ2) is 9.28. The SMILES string of the molecule is CNCC[C@H](Oc1ccc(C)cc1I)c1ccccc1.Cl. The van der Waals surface area contributed by atoms with Crippen LogP contribution in [0.1, 0.15) is 23.7 Å². The molecule has 0 spiro atoms. The lowest BCUT2D eigenvalue weighted by Crippen LogP contribution is -2.16. The van der Waals surface area contributed by atoms with Crippen LogP contribution in [0.3, 0.4) is 0 Å². The molecule has 0 saturated heterocycles. The minimum Gasteiger partial charge on any atom is -0.485 e. The van der Waals surface area contributed by atoms with E-state index < -0.39 is 0 Å². The zero-order valence-corrected chi connectivity index (χ0v) is 15.3. The summed E-state index contributed by atoms with van der Waals surface area (Å²) < 4.78 is 7.40. The molecule has 0 aliphatic carbocycles. The molecule has 0 radical (unpaired) electrons. The maximum atomic E-state index is 6.24. The molecule has 2 nitrogen and oxygen atoms in total. The van der Waals surface area contributed by atoms with Crippen molar-refractivity contribution in [1.82, 2.24) is 5.32 Å². The summed E-state index contributed by atoms with van der Waals surface area (Å²) in [4.78, 5) is 0. The Kier molecular flexibility index (Phi) is 8.07. The van der Waals surface area contributed by atoms with E-state index in [1.54, 1.807) is 0 Å². The molecule has 0 unspecified atom stereocenters. The average Bonchev–Trinajstić information content (AvgIpc) is 2.46. The van der Waals surface area contributed by atoms with Gasteiger partial charge in [-0.1, -0.05) is 36.4 Å². The van der Waals surface area contributed by atoms with E-state index in [2.05, 4.69) is 77.3 Å². The molecule has 0 amide bonds.